The van der Waals surface area contributed by atoms with Crippen LogP contribution < -0.4 is 5.32 Å². The molecule has 2 rings (SSSR count). The summed E-state index contributed by atoms with van der Waals surface area (Å²) in [5, 5.41) is 3.77. The topological polar surface area (TPSA) is 12.0 Å². The molecule has 0 amide bonds. The zero-order valence-electron chi connectivity index (χ0n) is 11.5. The molecule has 1 nitrogen and oxygen atoms in total. The number of hydrogen-bond acceptors (Lipinski definition) is 1. The normalized spacial score (nSPS) is 45.8. The van der Waals surface area contributed by atoms with Gasteiger partial charge in [-0.25, -0.2) is 4.39 Å². The van der Waals surface area contributed by atoms with E-state index in [-0.39, 0.29) is 11.3 Å². The van der Waals surface area contributed by atoms with Crippen molar-refractivity contribution in [3.8, 4) is 0 Å². The quantitative estimate of drug-likeness (QED) is 0.591. The van der Waals surface area contributed by atoms with Crippen LogP contribution in [0.5, 0.6) is 0 Å². The van der Waals surface area contributed by atoms with Crippen molar-refractivity contribution in [3.63, 3.8) is 0 Å². The molecule has 1 aliphatic carbocycles. The van der Waals surface area contributed by atoms with E-state index >= 15 is 0 Å². The third kappa shape index (κ3) is 3.08. The Morgan fingerprint density at radius 1 is 1.28 bits per heavy atom. The largest absolute Gasteiger partial charge is 0.311 e. The van der Waals surface area contributed by atoms with Crippen LogP contribution in [-0.2, 0) is 0 Å². The van der Waals surface area contributed by atoms with Crippen molar-refractivity contribution in [2.24, 2.45) is 11.8 Å². The van der Waals surface area contributed by atoms with E-state index in [1.807, 2.05) is 0 Å². The van der Waals surface area contributed by atoms with Crippen molar-refractivity contribution in [1.82, 2.24) is 5.32 Å². The molecule has 6 atom stereocenters. The summed E-state index contributed by atoms with van der Waals surface area (Å²) in [5.41, 5.74) is 1.24. The molecule has 0 aromatic heterocycles. The molecule has 3 heteroatoms. The number of hydrogen-bond donors (Lipinski definition) is 1. The predicted molar refractivity (Wildman–Crippen MR) is 75.8 cm³/mol. The Morgan fingerprint density at radius 3 is 2.61 bits per heavy atom. The molecular weight excluding hydrogens is 249 g/mol. The second kappa shape index (κ2) is 5.92. The summed E-state index contributed by atoms with van der Waals surface area (Å²) in [6.07, 6.45) is 3.79. The average Bonchev–Trinajstić information content (AvgIpc) is 2.31. The van der Waals surface area contributed by atoms with Gasteiger partial charge in [-0.2, -0.15) is 0 Å². The van der Waals surface area contributed by atoms with Crippen molar-refractivity contribution in [2.45, 2.75) is 69.6 Å². The molecule has 0 aromatic carbocycles. The Hall–Kier alpha value is -0.0800. The minimum atomic E-state index is -0.675. The Morgan fingerprint density at radius 2 is 2.00 bits per heavy atom. The van der Waals surface area contributed by atoms with Crippen molar-refractivity contribution in [2.75, 3.05) is 0 Å². The molecule has 1 saturated heterocycles. The van der Waals surface area contributed by atoms with E-state index in [0.717, 1.165) is 25.7 Å². The second-order valence-electron chi connectivity index (χ2n) is 6.18. The van der Waals surface area contributed by atoms with Gasteiger partial charge in [0.15, 0.2) is 0 Å². The first-order valence-corrected chi connectivity index (χ1v) is 7.62. The van der Waals surface area contributed by atoms with Crippen LogP contribution >= 0.6 is 11.6 Å². The zero-order valence-corrected chi connectivity index (χ0v) is 12.2. The van der Waals surface area contributed by atoms with E-state index < -0.39 is 6.17 Å². The van der Waals surface area contributed by atoms with Gasteiger partial charge in [0.1, 0.15) is 6.17 Å². The molecule has 1 aliphatic heterocycles. The first-order valence-electron chi connectivity index (χ1n) is 7.18. The van der Waals surface area contributed by atoms with Crippen LogP contribution in [0.15, 0.2) is 12.2 Å². The van der Waals surface area contributed by atoms with Gasteiger partial charge >= 0.3 is 0 Å². The van der Waals surface area contributed by atoms with Crippen molar-refractivity contribution < 1.29 is 4.39 Å². The second-order valence-corrected chi connectivity index (χ2v) is 6.80. The molecule has 0 spiro atoms. The van der Waals surface area contributed by atoms with Crippen LogP contribution in [-0.4, -0.2) is 23.6 Å². The minimum Gasteiger partial charge on any atom is -0.311 e. The van der Waals surface area contributed by atoms with Gasteiger partial charge in [-0.3, -0.25) is 0 Å². The molecular formula is C15H25ClFN. The highest BCUT2D eigenvalue weighted by Crippen LogP contribution is 2.37. The van der Waals surface area contributed by atoms with Gasteiger partial charge in [0.05, 0.1) is 0 Å². The third-order valence-corrected chi connectivity index (χ3v) is 5.16. The van der Waals surface area contributed by atoms with E-state index in [2.05, 4.69) is 25.7 Å². The monoisotopic (exact) mass is 273 g/mol. The Kier molecular flexibility index (Phi) is 4.71. The van der Waals surface area contributed by atoms with Crippen molar-refractivity contribution in [1.29, 1.82) is 0 Å². The van der Waals surface area contributed by atoms with Crippen LogP contribution in [0.1, 0.15) is 46.0 Å². The SMILES string of the molecule is C=C(C)C1CCC(C2CC(Cl)CCC2F)NC1C. The van der Waals surface area contributed by atoms with Gasteiger partial charge in [0.25, 0.3) is 0 Å². The molecule has 18 heavy (non-hydrogen) atoms. The van der Waals surface area contributed by atoms with Crippen LogP contribution in [0.2, 0.25) is 0 Å². The van der Waals surface area contributed by atoms with Crippen molar-refractivity contribution >= 4 is 11.6 Å². The summed E-state index contributed by atoms with van der Waals surface area (Å²) in [7, 11) is 0. The Bertz CT molecular complexity index is 307. The van der Waals surface area contributed by atoms with Gasteiger partial charge in [0.2, 0.25) is 0 Å². The maximum atomic E-state index is 14.1. The van der Waals surface area contributed by atoms with E-state index in [9.17, 15) is 4.39 Å². The summed E-state index contributed by atoms with van der Waals surface area (Å²) < 4.78 is 14.1. The molecule has 0 aromatic rings. The molecule has 0 radical (unpaired) electrons. The fourth-order valence-corrected chi connectivity index (χ4v) is 4.02. The molecule has 104 valence electrons. The number of nitrogens with one attached hydrogen (secondary N) is 1. The number of rotatable bonds is 2. The summed E-state index contributed by atoms with van der Waals surface area (Å²) in [6, 6.07) is 0.705. The highest BCUT2D eigenvalue weighted by molar-refractivity contribution is 6.20. The summed E-state index contributed by atoms with van der Waals surface area (Å²) >= 11 is 6.20. The number of piperidine rings is 1. The van der Waals surface area contributed by atoms with Crippen LogP contribution in [0.25, 0.3) is 0 Å². The lowest BCUT2D eigenvalue weighted by Gasteiger charge is -2.42. The van der Waals surface area contributed by atoms with Gasteiger partial charge in [-0.1, -0.05) is 12.2 Å². The van der Waals surface area contributed by atoms with E-state index in [1.54, 1.807) is 0 Å². The predicted octanol–water partition coefficient (Wildman–Crippen LogP) is 4.06. The molecule has 2 fully saturated rings. The maximum Gasteiger partial charge on any atom is 0.105 e. The van der Waals surface area contributed by atoms with Gasteiger partial charge in [0, 0.05) is 23.4 Å². The standard InChI is InChI=1S/C15H25ClFN/c1-9(2)12-5-7-15(18-10(12)3)13-8-11(16)4-6-14(13)17/h10-15,18H,1,4-8H2,2-3H3. The molecule has 6 unspecified atom stereocenters. The smallest absolute Gasteiger partial charge is 0.105 e. The lowest BCUT2D eigenvalue weighted by atomic mass is 9.75. The molecule has 2 aliphatic rings. The highest BCUT2D eigenvalue weighted by Gasteiger charge is 2.38. The summed E-state index contributed by atoms with van der Waals surface area (Å²) in [6.45, 7) is 8.35. The third-order valence-electron chi connectivity index (χ3n) is 4.77. The fourth-order valence-electron chi connectivity index (χ4n) is 3.69. The van der Waals surface area contributed by atoms with Crippen LogP contribution in [0.3, 0.4) is 0 Å². The molecule has 1 N–H and O–H groups in total. The highest BCUT2D eigenvalue weighted by atomic mass is 35.5. The first-order chi connectivity index (χ1) is 8.49. The first kappa shape index (κ1) is 14.3. The van der Waals surface area contributed by atoms with Gasteiger partial charge < -0.3 is 5.32 Å². The molecule has 0 bridgehead atoms. The van der Waals surface area contributed by atoms with E-state index in [0.29, 0.717) is 24.4 Å². The number of halogens is 2. The summed E-state index contributed by atoms with van der Waals surface area (Å²) in [5.74, 6) is 0.643. The minimum absolute atomic E-state index is 0.106. The lowest BCUT2D eigenvalue weighted by Crippen LogP contribution is -2.52. The van der Waals surface area contributed by atoms with Gasteiger partial charge in [-0.15, -0.1) is 11.6 Å². The van der Waals surface area contributed by atoms with Crippen LogP contribution in [0.4, 0.5) is 4.39 Å². The molecule has 1 saturated carbocycles. The van der Waals surface area contributed by atoms with Gasteiger partial charge in [-0.05, 0) is 51.9 Å². The summed E-state index contributed by atoms with van der Waals surface area (Å²) in [4.78, 5) is 0. The fraction of sp³-hybridized carbons (Fsp3) is 0.867. The van der Waals surface area contributed by atoms with Crippen molar-refractivity contribution in [3.05, 3.63) is 12.2 Å². The molecule has 1 heterocycles. The lowest BCUT2D eigenvalue weighted by molar-refractivity contribution is 0.100. The maximum absolute atomic E-state index is 14.1. The van der Waals surface area contributed by atoms with E-state index in [4.69, 9.17) is 11.6 Å². The Labute approximate surface area is 115 Å². The number of alkyl halides is 2. The van der Waals surface area contributed by atoms with Crippen LogP contribution in [0, 0.1) is 11.8 Å². The van der Waals surface area contributed by atoms with E-state index in [1.165, 1.54) is 5.57 Å². The Balaban J connectivity index is 1.96. The average molecular weight is 274 g/mol. The zero-order chi connectivity index (χ0) is 13.3.